The molecule has 170 valence electrons. The molecule has 1 saturated heterocycles. The van der Waals surface area contributed by atoms with E-state index in [1.165, 1.54) is 12.3 Å². The highest BCUT2D eigenvalue weighted by atomic mass is 19.4. The van der Waals surface area contributed by atoms with Crippen LogP contribution >= 0.6 is 0 Å². The van der Waals surface area contributed by atoms with Crippen molar-refractivity contribution in [1.29, 1.82) is 0 Å². The standard InChI is InChI=1S/C22H24F3N5O2/c1-13-9-16(22(23,24)25)11-27-19(13)30-8-2-3-17(12-30)28-21(32)15-6-7-26-18(10-15)29-20(31)14-4-5-14/h6-7,9-11,14,17H,2-5,8,12H2,1H3,(H,28,32)(H,26,29,31)/t17-/m1/s1. The predicted octanol–water partition coefficient (Wildman–Crippen LogP) is 3.55. The Morgan fingerprint density at radius 2 is 1.94 bits per heavy atom. The van der Waals surface area contributed by atoms with E-state index in [1.54, 1.807) is 13.0 Å². The number of carbonyl (C=O) groups is 2. The molecule has 32 heavy (non-hydrogen) atoms. The van der Waals surface area contributed by atoms with Crippen LogP contribution in [0.1, 0.15) is 47.2 Å². The third-order valence-corrected chi connectivity index (χ3v) is 5.66. The van der Waals surface area contributed by atoms with Crippen LogP contribution in [0.2, 0.25) is 0 Å². The maximum absolute atomic E-state index is 12.9. The summed E-state index contributed by atoms with van der Waals surface area (Å²) in [5.74, 6) is 0.482. The second-order valence-electron chi connectivity index (χ2n) is 8.31. The highest BCUT2D eigenvalue weighted by Gasteiger charge is 2.32. The van der Waals surface area contributed by atoms with E-state index in [0.717, 1.165) is 37.9 Å². The number of anilines is 2. The Labute approximate surface area is 183 Å². The molecule has 0 spiro atoms. The molecule has 2 N–H and O–H groups in total. The summed E-state index contributed by atoms with van der Waals surface area (Å²) in [5, 5.41) is 5.70. The number of rotatable bonds is 5. The molecule has 0 unspecified atom stereocenters. The maximum Gasteiger partial charge on any atom is 0.417 e. The molecule has 0 aromatic carbocycles. The number of piperidine rings is 1. The Morgan fingerprint density at radius 3 is 2.62 bits per heavy atom. The molecule has 0 radical (unpaired) electrons. The van der Waals surface area contributed by atoms with Crippen LogP contribution in [-0.2, 0) is 11.0 Å². The Kier molecular flexibility index (Phi) is 6.03. The predicted molar refractivity (Wildman–Crippen MR) is 112 cm³/mol. The summed E-state index contributed by atoms with van der Waals surface area (Å²) in [6.45, 7) is 2.70. The lowest BCUT2D eigenvalue weighted by Gasteiger charge is -2.34. The Balaban J connectivity index is 1.40. The molecule has 2 fully saturated rings. The monoisotopic (exact) mass is 447 g/mol. The summed E-state index contributed by atoms with van der Waals surface area (Å²) in [6, 6.07) is 4.03. The van der Waals surface area contributed by atoms with Crippen molar-refractivity contribution in [2.75, 3.05) is 23.3 Å². The molecule has 3 heterocycles. The molecule has 0 bridgehead atoms. The lowest BCUT2D eigenvalue weighted by Crippen LogP contribution is -2.48. The number of aryl methyl sites for hydroxylation is 1. The lowest BCUT2D eigenvalue weighted by molar-refractivity contribution is -0.137. The van der Waals surface area contributed by atoms with Crippen molar-refractivity contribution in [1.82, 2.24) is 15.3 Å². The number of halogens is 3. The quantitative estimate of drug-likeness (QED) is 0.732. The summed E-state index contributed by atoms with van der Waals surface area (Å²) in [6.07, 6.45) is 1.15. The van der Waals surface area contributed by atoms with E-state index < -0.39 is 11.7 Å². The highest BCUT2D eigenvalue weighted by Crippen LogP contribution is 2.32. The first-order valence-corrected chi connectivity index (χ1v) is 10.6. The molecule has 2 aliphatic rings. The molecule has 2 amide bonds. The minimum Gasteiger partial charge on any atom is -0.354 e. The van der Waals surface area contributed by atoms with Crippen molar-refractivity contribution >= 4 is 23.5 Å². The van der Waals surface area contributed by atoms with Crippen LogP contribution in [0.3, 0.4) is 0 Å². The summed E-state index contributed by atoms with van der Waals surface area (Å²) >= 11 is 0. The Bertz CT molecular complexity index is 1020. The Hall–Kier alpha value is -3.17. The SMILES string of the molecule is Cc1cc(C(F)(F)F)cnc1N1CCC[C@@H](NC(=O)c2ccnc(NC(=O)C3CC3)c2)C1. The normalized spacial score (nSPS) is 18.9. The van der Waals surface area contributed by atoms with Crippen molar-refractivity contribution in [3.8, 4) is 0 Å². The van der Waals surface area contributed by atoms with Gasteiger partial charge in [0.2, 0.25) is 5.91 Å². The summed E-state index contributed by atoms with van der Waals surface area (Å²) in [5.41, 5.74) is 0.0481. The van der Waals surface area contributed by atoms with Crippen LogP contribution in [0, 0.1) is 12.8 Å². The maximum atomic E-state index is 12.9. The van der Waals surface area contributed by atoms with Crippen LogP contribution < -0.4 is 15.5 Å². The van der Waals surface area contributed by atoms with Gasteiger partial charge in [0.05, 0.1) is 5.56 Å². The van der Waals surface area contributed by atoms with Gasteiger partial charge in [-0.15, -0.1) is 0 Å². The van der Waals surface area contributed by atoms with E-state index in [9.17, 15) is 22.8 Å². The number of amides is 2. The van der Waals surface area contributed by atoms with Gasteiger partial charge in [0, 0.05) is 43.0 Å². The molecule has 2 aromatic heterocycles. The fourth-order valence-electron chi connectivity index (χ4n) is 3.82. The van der Waals surface area contributed by atoms with Crippen molar-refractivity contribution in [2.24, 2.45) is 5.92 Å². The molecule has 1 atom stereocenters. The zero-order valence-corrected chi connectivity index (χ0v) is 17.6. The van der Waals surface area contributed by atoms with Gasteiger partial charge in [0.25, 0.3) is 5.91 Å². The van der Waals surface area contributed by atoms with Crippen molar-refractivity contribution in [3.63, 3.8) is 0 Å². The van der Waals surface area contributed by atoms with Gasteiger partial charge in [0.15, 0.2) is 0 Å². The number of aromatic nitrogens is 2. The highest BCUT2D eigenvalue weighted by molar-refractivity contribution is 5.97. The summed E-state index contributed by atoms with van der Waals surface area (Å²) < 4.78 is 38.8. The van der Waals surface area contributed by atoms with Crippen LogP contribution in [0.25, 0.3) is 0 Å². The molecule has 1 aliphatic heterocycles. The fraction of sp³-hybridized carbons (Fsp3) is 0.455. The molecule has 7 nitrogen and oxygen atoms in total. The first-order valence-electron chi connectivity index (χ1n) is 10.6. The van der Waals surface area contributed by atoms with Gasteiger partial charge >= 0.3 is 6.18 Å². The van der Waals surface area contributed by atoms with Gasteiger partial charge in [-0.1, -0.05) is 0 Å². The number of hydrogen-bond donors (Lipinski definition) is 2. The molecule has 1 saturated carbocycles. The third kappa shape index (κ3) is 5.17. The average molecular weight is 447 g/mol. The van der Waals surface area contributed by atoms with Crippen molar-refractivity contribution < 1.29 is 22.8 Å². The van der Waals surface area contributed by atoms with Crippen molar-refractivity contribution in [3.05, 3.63) is 47.3 Å². The van der Waals surface area contributed by atoms with Gasteiger partial charge in [0.1, 0.15) is 11.6 Å². The molecule has 4 rings (SSSR count). The first-order chi connectivity index (χ1) is 15.2. The first kappa shape index (κ1) is 22.0. The average Bonchev–Trinajstić information content (AvgIpc) is 3.59. The van der Waals surface area contributed by atoms with E-state index in [-0.39, 0.29) is 23.8 Å². The van der Waals surface area contributed by atoms with E-state index in [0.29, 0.717) is 35.9 Å². The van der Waals surface area contributed by atoms with Gasteiger partial charge in [-0.2, -0.15) is 13.2 Å². The lowest BCUT2D eigenvalue weighted by atomic mass is 10.0. The number of hydrogen-bond acceptors (Lipinski definition) is 5. The molecular formula is C22H24F3N5O2. The zero-order chi connectivity index (χ0) is 22.9. The smallest absolute Gasteiger partial charge is 0.354 e. The van der Waals surface area contributed by atoms with Gasteiger partial charge in [-0.3, -0.25) is 9.59 Å². The van der Waals surface area contributed by atoms with Crippen molar-refractivity contribution in [2.45, 2.75) is 44.8 Å². The van der Waals surface area contributed by atoms with Gasteiger partial charge in [-0.05, 0) is 56.4 Å². The topological polar surface area (TPSA) is 87.2 Å². The number of nitrogens with one attached hydrogen (secondary N) is 2. The van der Waals surface area contributed by atoms with E-state index in [2.05, 4.69) is 20.6 Å². The fourth-order valence-corrected chi connectivity index (χ4v) is 3.82. The molecule has 10 heteroatoms. The number of nitrogens with zero attached hydrogens (tertiary/aromatic N) is 3. The Morgan fingerprint density at radius 1 is 1.16 bits per heavy atom. The van der Waals surface area contributed by atoms with E-state index in [4.69, 9.17) is 0 Å². The van der Waals surface area contributed by atoms with Crippen LogP contribution in [0.4, 0.5) is 24.8 Å². The summed E-state index contributed by atoms with van der Waals surface area (Å²) in [4.78, 5) is 34.7. The van der Waals surface area contributed by atoms with Crippen LogP contribution in [0.15, 0.2) is 30.6 Å². The number of alkyl halides is 3. The van der Waals surface area contributed by atoms with Crippen LogP contribution in [0.5, 0.6) is 0 Å². The largest absolute Gasteiger partial charge is 0.417 e. The van der Waals surface area contributed by atoms with Gasteiger partial charge in [-0.25, -0.2) is 9.97 Å². The molecule has 2 aromatic rings. The van der Waals surface area contributed by atoms with Gasteiger partial charge < -0.3 is 15.5 Å². The number of pyridine rings is 2. The second-order valence-corrected chi connectivity index (χ2v) is 8.31. The third-order valence-electron chi connectivity index (χ3n) is 5.66. The minimum atomic E-state index is -4.43. The van der Waals surface area contributed by atoms with E-state index >= 15 is 0 Å². The molecule has 1 aliphatic carbocycles. The summed E-state index contributed by atoms with van der Waals surface area (Å²) in [7, 11) is 0. The van der Waals surface area contributed by atoms with E-state index in [1.807, 2.05) is 4.90 Å². The zero-order valence-electron chi connectivity index (χ0n) is 17.6. The molecular weight excluding hydrogens is 423 g/mol. The van der Waals surface area contributed by atoms with Crippen LogP contribution in [-0.4, -0.2) is 40.9 Å². The second kappa shape index (κ2) is 8.76. The number of carbonyl (C=O) groups excluding carboxylic acids is 2. The minimum absolute atomic E-state index is 0.0322.